The Morgan fingerprint density at radius 3 is 2.57 bits per heavy atom. The van der Waals surface area contributed by atoms with Gasteiger partial charge in [-0.3, -0.25) is 15.2 Å². The van der Waals surface area contributed by atoms with E-state index < -0.39 is 0 Å². The van der Waals surface area contributed by atoms with E-state index in [0.717, 1.165) is 35.4 Å². The van der Waals surface area contributed by atoms with Crippen LogP contribution in [-0.4, -0.2) is 42.0 Å². The summed E-state index contributed by atoms with van der Waals surface area (Å²) >= 11 is 0. The number of aromatic amines is 1. The second-order valence-corrected chi connectivity index (χ2v) is 7.20. The lowest BCUT2D eigenvalue weighted by Gasteiger charge is -2.24. The largest absolute Gasteiger partial charge is 0.372 e. The molecule has 0 bridgehead atoms. The lowest BCUT2D eigenvalue weighted by Crippen LogP contribution is -2.29. The molecule has 2 aliphatic heterocycles. The van der Waals surface area contributed by atoms with Gasteiger partial charge in [0, 0.05) is 31.5 Å². The third-order valence-electron chi connectivity index (χ3n) is 5.57. The maximum absolute atomic E-state index is 12.8. The first kappa shape index (κ1) is 16.8. The molecule has 2 fully saturated rings. The Bertz CT molecular complexity index is 1050. The van der Waals surface area contributed by atoms with E-state index in [-0.39, 0.29) is 12.1 Å². The molecule has 1 aromatic heterocycles. The second kappa shape index (κ2) is 6.67. The fourth-order valence-corrected chi connectivity index (χ4v) is 4.15. The van der Waals surface area contributed by atoms with Crippen LogP contribution in [0.2, 0.25) is 0 Å². The quantitative estimate of drug-likeness (QED) is 0.737. The van der Waals surface area contributed by atoms with Gasteiger partial charge in [-0.15, -0.1) is 0 Å². The summed E-state index contributed by atoms with van der Waals surface area (Å²) in [4.78, 5) is 28.6. The van der Waals surface area contributed by atoms with Gasteiger partial charge in [-0.1, -0.05) is 12.1 Å². The average Bonchev–Trinajstić information content (AvgIpc) is 3.47. The van der Waals surface area contributed by atoms with Crippen molar-refractivity contribution in [3.63, 3.8) is 0 Å². The Morgan fingerprint density at radius 1 is 1.07 bits per heavy atom. The molecule has 2 aliphatic rings. The first-order valence-electron chi connectivity index (χ1n) is 9.59. The molecule has 5 rings (SSSR count). The first-order chi connectivity index (χ1) is 13.7. The van der Waals surface area contributed by atoms with Crippen molar-refractivity contribution < 1.29 is 4.79 Å². The standard InChI is InChI=1S/C21H22N6O/c1-22-20-19(14-4-6-15(7-5-14)26-10-2-3-11-26)27(21(28)25-20)16-8-9-17-18(12-16)24-13-23-17/h4-9,12-13,19H,2-3,10-11H2,1H3,(H,23,24)(H,22,25,28). The minimum Gasteiger partial charge on any atom is -0.372 e. The Labute approximate surface area is 163 Å². The highest BCUT2D eigenvalue weighted by molar-refractivity contribution is 6.16. The number of aliphatic imine (C=N–C) groups is 1. The average molecular weight is 374 g/mol. The minimum atomic E-state index is -0.273. The SMILES string of the molecule is CN=C1NC(=O)N(c2ccc3nc[nH]c3c2)C1c1ccc(N2CCCC2)cc1. The van der Waals surface area contributed by atoms with Crippen LogP contribution in [0.25, 0.3) is 11.0 Å². The van der Waals surface area contributed by atoms with Gasteiger partial charge in [0.25, 0.3) is 0 Å². The van der Waals surface area contributed by atoms with Crippen molar-refractivity contribution in [3.05, 3.63) is 54.4 Å². The summed E-state index contributed by atoms with van der Waals surface area (Å²) in [6.07, 6.45) is 4.16. The van der Waals surface area contributed by atoms with Crippen LogP contribution >= 0.6 is 0 Å². The van der Waals surface area contributed by atoms with Crippen LogP contribution in [0.15, 0.2) is 53.8 Å². The number of nitrogens with zero attached hydrogens (tertiary/aromatic N) is 4. The zero-order valence-electron chi connectivity index (χ0n) is 15.7. The molecule has 142 valence electrons. The predicted octanol–water partition coefficient (Wildman–Crippen LogP) is 3.46. The van der Waals surface area contributed by atoms with Crippen LogP contribution < -0.4 is 15.1 Å². The summed E-state index contributed by atoms with van der Waals surface area (Å²) in [5, 5.41) is 2.91. The fourth-order valence-electron chi connectivity index (χ4n) is 4.15. The maximum Gasteiger partial charge on any atom is 0.328 e. The Balaban J connectivity index is 1.53. The molecule has 0 spiro atoms. The number of amidine groups is 1. The highest BCUT2D eigenvalue weighted by Crippen LogP contribution is 2.34. The summed E-state index contributed by atoms with van der Waals surface area (Å²) in [5.41, 5.74) is 4.85. The zero-order chi connectivity index (χ0) is 19.1. The molecule has 0 radical (unpaired) electrons. The molecule has 2 saturated heterocycles. The van der Waals surface area contributed by atoms with Crippen molar-refractivity contribution in [2.24, 2.45) is 4.99 Å². The van der Waals surface area contributed by atoms with Gasteiger partial charge in [-0.25, -0.2) is 9.78 Å². The Kier molecular flexibility index (Phi) is 4.00. The highest BCUT2D eigenvalue weighted by Gasteiger charge is 2.38. The summed E-state index contributed by atoms with van der Waals surface area (Å²) in [7, 11) is 1.71. The molecule has 7 heteroatoms. The van der Waals surface area contributed by atoms with E-state index in [2.05, 4.69) is 49.4 Å². The Morgan fingerprint density at radius 2 is 1.82 bits per heavy atom. The van der Waals surface area contributed by atoms with E-state index in [9.17, 15) is 4.79 Å². The molecule has 28 heavy (non-hydrogen) atoms. The van der Waals surface area contributed by atoms with E-state index in [4.69, 9.17) is 0 Å². The van der Waals surface area contributed by atoms with E-state index in [1.165, 1.54) is 18.5 Å². The second-order valence-electron chi connectivity index (χ2n) is 7.20. The van der Waals surface area contributed by atoms with Crippen LogP contribution in [0.4, 0.5) is 16.2 Å². The van der Waals surface area contributed by atoms with Crippen LogP contribution in [0.5, 0.6) is 0 Å². The van der Waals surface area contributed by atoms with Gasteiger partial charge in [0.1, 0.15) is 11.9 Å². The number of hydrogen-bond donors (Lipinski definition) is 2. The van der Waals surface area contributed by atoms with Gasteiger partial charge in [-0.05, 0) is 48.7 Å². The molecule has 2 N–H and O–H groups in total. The predicted molar refractivity (Wildman–Crippen MR) is 111 cm³/mol. The smallest absolute Gasteiger partial charge is 0.328 e. The van der Waals surface area contributed by atoms with Crippen LogP contribution in [0.3, 0.4) is 0 Å². The molecular weight excluding hydrogens is 352 g/mol. The molecule has 1 unspecified atom stereocenters. The number of fused-ring (bicyclic) bond motifs is 1. The van der Waals surface area contributed by atoms with Gasteiger partial charge in [-0.2, -0.15) is 0 Å². The van der Waals surface area contributed by atoms with Crippen molar-refractivity contribution in [3.8, 4) is 0 Å². The molecule has 2 aromatic carbocycles. The van der Waals surface area contributed by atoms with Crippen molar-refractivity contribution in [1.82, 2.24) is 15.3 Å². The highest BCUT2D eigenvalue weighted by atomic mass is 16.2. The van der Waals surface area contributed by atoms with E-state index in [0.29, 0.717) is 5.84 Å². The maximum atomic E-state index is 12.8. The summed E-state index contributed by atoms with van der Waals surface area (Å²) in [6, 6.07) is 13.8. The van der Waals surface area contributed by atoms with Gasteiger partial charge >= 0.3 is 6.03 Å². The van der Waals surface area contributed by atoms with Gasteiger partial charge < -0.3 is 9.88 Å². The molecule has 7 nitrogen and oxygen atoms in total. The lowest BCUT2D eigenvalue weighted by molar-refractivity contribution is 0.252. The van der Waals surface area contributed by atoms with Gasteiger partial charge in [0.15, 0.2) is 0 Å². The van der Waals surface area contributed by atoms with E-state index >= 15 is 0 Å². The van der Waals surface area contributed by atoms with Gasteiger partial charge in [0.05, 0.1) is 17.4 Å². The number of amides is 2. The first-order valence-corrected chi connectivity index (χ1v) is 9.59. The number of H-pyrrole nitrogens is 1. The number of rotatable bonds is 3. The topological polar surface area (TPSA) is 76.6 Å². The number of hydrogen-bond acceptors (Lipinski definition) is 4. The number of anilines is 2. The molecule has 3 heterocycles. The molecule has 0 aliphatic carbocycles. The number of urea groups is 1. The summed E-state index contributed by atoms with van der Waals surface area (Å²) < 4.78 is 0. The summed E-state index contributed by atoms with van der Waals surface area (Å²) in [6.45, 7) is 2.22. The van der Waals surface area contributed by atoms with E-state index in [1.54, 1.807) is 18.3 Å². The third-order valence-corrected chi connectivity index (χ3v) is 5.57. The number of benzene rings is 2. The normalized spacial score (nSPS) is 21.1. The van der Waals surface area contributed by atoms with Crippen LogP contribution in [0, 0.1) is 0 Å². The monoisotopic (exact) mass is 374 g/mol. The minimum absolute atomic E-state index is 0.173. The van der Waals surface area contributed by atoms with Crippen molar-refractivity contribution in [2.45, 2.75) is 18.9 Å². The molecule has 0 saturated carbocycles. The zero-order valence-corrected chi connectivity index (χ0v) is 15.7. The molecule has 2 amide bonds. The summed E-state index contributed by atoms with van der Waals surface area (Å²) in [5.74, 6) is 0.656. The number of imidazole rings is 1. The molecule has 1 atom stereocenters. The Hall–Kier alpha value is -3.35. The molecular formula is C21H22N6O. The molecule has 3 aromatic rings. The van der Waals surface area contributed by atoms with Crippen molar-refractivity contribution in [1.29, 1.82) is 0 Å². The number of carbonyl (C=O) groups excluding carboxylic acids is 1. The van der Waals surface area contributed by atoms with Crippen molar-refractivity contribution in [2.75, 3.05) is 29.9 Å². The third kappa shape index (κ3) is 2.70. The van der Waals surface area contributed by atoms with Crippen LogP contribution in [0.1, 0.15) is 24.4 Å². The lowest BCUT2D eigenvalue weighted by atomic mass is 10.0. The van der Waals surface area contributed by atoms with Crippen LogP contribution in [-0.2, 0) is 0 Å². The van der Waals surface area contributed by atoms with Gasteiger partial charge in [0.2, 0.25) is 0 Å². The number of aromatic nitrogens is 2. The van der Waals surface area contributed by atoms with E-state index in [1.807, 2.05) is 18.2 Å². The number of carbonyl (C=O) groups is 1. The van der Waals surface area contributed by atoms with Crippen molar-refractivity contribution >= 4 is 34.3 Å². The fraction of sp³-hybridized carbons (Fsp3) is 0.286. The number of nitrogens with one attached hydrogen (secondary N) is 2.